The lowest BCUT2D eigenvalue weighted by atomic mass is 10.1. The summed E-state index contributed by atoms with van der Waals surface area (Å²) >= 11 is 3.38. The summed E-state index contributed by atoms with van der Waals surface area (Å²) in [6.45, 7) is 2.27. The van der Waals surface area contributed by atoms with Crippen molar-refractivity contribution in [3.63, 3.8) is 0 Å². The second-order valence-electron chi connectivity index (χ2n) is 3.89. The molecule has 0 aliphatic heterocycles. The Morgan fingerprint density at radius 2 is 1.36 bits per heavy atom. The van der Waals surface area contributed by atoms with E-state index >= 15 is 0 Å². The summed E-state index contributed by atoms with van der Waals surface area (Å²) < 4.78 is 0. The second kappa shape index (κ2) is 13.2. The van der Waals surface area contributed by atoms with Gasteiger partial charge in [0.2, 0.25) is 0 Å². The molecule has 0 saturated heterocycles. The fourth-order valence-corrected chi connectivity index (χ4v) is 1.84. The highest BCUT2D eigenvalue weighted by atomic mass is 79.9. The molecule has 84 valence electrons. The summed E-state index contributed by atoms with van der Waals surface area (Å²) in [6, 6.07) is 0. The van der Waals surface area contributed by atoms with Crippen LogP contribution in [0, 0.1) is 0 Å². The standard InChI is InChI=1S/C13H25Br/c1-2-3-4-5-6-7-8-9-10-11-12-13-14/h11-12H,2-10,13H2,1H3/b12-11+. The summed E-state index contributed by atoms with van der Waals surface area (Å²) in [6.07, 6.45) is 17.1. The zero-order valence-corrected chi connectivity index (χ0v) is 11.2. The summed E-state index contributed by atoms with van der Waals surface area (Å²) in [7, 11) is 0. The Labute approximate surface area is 98.3 Å². The number of hydrogen-bond acceptors (Lipinski definition) is 0. The Morgan fingerprint density at radius 3 is 1.93 bits per heavy atom. The maximum absolute atomic E-state index is 3.38. The molecule has 0 amide bonds. The highest BCUT2D eigenvalue weighted by Gasteiger charge is 1.89. The van der Waals surface area contributed by atoms with Gasteiger partial charge in [0.1, 0.15) is 0 Å². The first kappa shape index (κ1) is 14.2. The van der Waals surface area contributed by atoms with Crippen LogP contribution in [-0.2, 0) is 0 Å². The van der Waals surface area contributed by atoms with Crippen LogP contribution in [0.4, 0.5) is 0 Å². The number of hydrogen-bond donors (Lipinski definition) is 0. The van der Waals surface area contributed by atoms with Crippen LogP contribution in [0.3, 0.4) is 0 Å². The number of alkyl halides is 1. The number of allylic oxidation sites excluding steroid dienone is 2. The van der Waals surface area contributed by atoms with Gasteiger partial charge in [0.15, 0.2) is 0 Å². The minimum absolute atomic E-state index is 1.00. The van der Waals surface area contributed by atoms with Gasteiger partial charge in [-0.3, -0.25) is 0 Å². The van der Waals surface area contributed by atoms with E-state index in [0.29, 0.717) is 0 Å². The van der Waals surface area contributed by atoms with Crippen LogP contribution in [0.2, 0.25) is 0 Å². The largest absolute Gasteiger partial charge is 0.0883 e. The lowest BCUT2D eigenvalue weighted by Gasteiger charge is -1.99. The first-order chi connectivity index (χ1) is 6.91. The van der Waals surface area contributed by atoms with Gasteiger partial charge in [-0.25, -0.2) is 0 Å². The summed E-state index contributed by atoms with van der Waals surface area (Å²) in [4.78, 5) is 0. The Kier molecular flexibility index (Phi) is 13.4. The molecule has 0 heterocycles. The van der Waals surface area contributed by atoms with Crippen LogP contribution in [0.5, 0.6) is 0 Å². The summed E-state index contributed by atoms with van der Waals surface area (Å²) in [5, 5.41) is 1.00. The Morgan fingerprint density at radius 1 is 0.786 bits per heavy atom. The summed E-state index contributed by atoms with van der Waals surface area (Å²) in [5.74, 6) is 0. The van der Waals surface area contributed by atoms with Gasteiger partial charge in [-0.15, -0.1) is 0 Å². The predicted octanol–water partition coefficient (Wildman–Crippen LogP) is 5.47. The van der Waals surface area contributed by atoms with Crippen LogP contribution < -0.4 is 0 Å². The molecule has 0 aromatic carbocycles. The molecule has 0 bridgehead atoms. The van der Waals surface area contributed by atoms with Crippen molar-refractivity contribution in [3.05, 3.63) is 12.2 Å². The third kappa shape index (κ3) is 12.2. The smallest absolute Gasteiger partial charge is 0.0212 e. The molecule has 0 N–H and O–H groups in total. The highest BCUT2D eigenvalue weighted by Crippen LogP contribution is 2.09. The van der Waals surface area contributed by atoms with Crippen LogP contribution in [0.1, 0.15) is 64.7 Å². The molecule has 0 aromatic heterocycles. The molecule has 0 aliphatic rings. The Bertz CT molecular complexity index is 118. The molecule has 0 aliphatic carbocycles. The van der Waals surface area contributed by atoms with Gasteiger partial charge in [0.05, 0.1) is 0 Å². The predicted molar refractivity (Wildman–Crippen MR) is 70.2 cm³/mol. The van der Waals surface area contributed by atoms with Gasteiger partial charge in [-0.1, -0.05) is 80.0 Å². The van der Waals surface area contributed by atoms with E-state index in [4.69, 9.17) is 0 Å². The van der Waals surface area contributed by atoms with E-state index in [1.165, 1.54) is 57.8 Å². The average molecular weight is 261 g/mol. The number of halogens is 1. The van der Waals surface area contributed by atoms with Gasteiger partial charge in [-0.05, 0) is 12.8 Å². The molecular formula is C13H25Br. The van der Waals surface area contributed by atoms with Crippen molar-refractivity contribution in [2.45, 2.75) is 64.7 Å². The van der Waals surface area contributed by atoms with Gasteiger partial charge >= 0.3 is 0 Å². The van der Waals surface area contributed by atoms with E-state index in [0.717, 1.165) is 5.33 Å². The summed E-state index contributed by atoms with van der Waals surface area (Å²) in [5.41, 5.74) is 0. The fraction of sp³-hybridized carbons (Fsp3) is 0.846. The minimum atomic E-state index is 1.00. The molecule has 0 spiro atoms. The molecular weight excluding hydrogens is 236 g/mol. The SMILES string of the molecule is CCCCCCCCCC/C=C/CBr. The lowest BCUT2D eigenvalue weighted by molar-refractivity contribution is 0.577. The van der Waals surface area contributed by atoms with Crippen molar-refractivity contribution in [1.82, 2.24) is 0 Å². The first-order valence-corrected chi connectivity index (χ1v) is 7.25. The van der Waals surface area contributed by atoms with E-state index in [9.17, 15) is 0 Å². The van der Waals surface area contributed by atoms with Crippen LogP contribution >= 0.6 is 15.9 Å². The molecule has 14 heavy (non-hydrogen) atoms. The quantitative estimate of drug-likeness (QED) is 0.278. The molecule has 0 aromatic rings. The van der Waals surface area contributed by atoms with Gasteiger partial charge < -0.3 is 0 Å². The minimum Gasteiger partial charge on any atom is -0.0883 e. The Hall–Kier alpha value is 0.220. The normalized spacial score (nSPS) is 11.3. The molecule has 0 unspecified atom stereocenters. The molecule has 0 atom stereocenters. The Balaban J connectivity index is 2.88. The molecule has 0 nitrogen and oxygen atoms in total. The van der Waals surface area contributed by atoms with Crippen molar-refractivity contribution in [2.24, 2.45) is 0 Å². The first-order valence-electron chi connectivity index (χ1n) is 6.12. The highest BCUT2D eigenvalue weighted by molar-refractivity contribution is 9.09. The zero-order chi connectivity index (χ0) is 10.5. The third-order valence-electron chi connectivity index (χ3n) is 2.48. The maximum atomic E-state index is 3.38. The van der Waals surface area contributed by atoms with Crippen LogP contribution in [0.15, 0.2) is 12.2 Å². The molecule has 1 heteroatoms. The number of unbranched alkanes of at least 4 members (excludes halogenated alkanes) is 8. The lowest BCUT2D eigenvalue weighted by Crippen LogP contribution is -1.79. The van der Waals surface area contributed by atoms with E-state index in [-0.39, 0.29) is 0 Å². The molecule has 0 rings (SSSR count). The van der Waals surface area contributed by atoms with Gasteiger partial charge in [-0.2, -0.15) is 0 Å². The van der Waals surface area contributed by atoms with Crippen molar-refractivity contribution < 1.29 is 0 Å². The van der Waals surface area contributed by atoms with Crippen LogP contribution in [-0.4, -0.2) is 5.33 Å². The molecule has 0 fully saturated rings. The molecule has 0 radical (unpaired) electrons. The van der Waals surface area contributed by atoms with Crippen molar-refractivity contribution in [2.75, 3.05) is 5.33 Å². The van der Waals surface area contributed by atoms with Gasteiger partial charge in [0.25, 0.3) is 0 Å². The van der Waals surface area contributed by atoms with Crippen molar-refractivity contribution in [3.8, 4) is 0 Å². The van der Waals surface area contributed by atoms with E-state index in [1.807, 2.05) is 0 Å². The van der Waals surface area contributed by atoms with Crippen molar-refractivity contribution in [1.29, 1.82) is 0 Å². The third-order valence-corrected chi connectivity index (χ3v) is 2.85. The monoisotopic (exact) mass is 260 g/mol. The maximum Gasteiger partial charge on any atom is 0.0212 e. The van der Waals surface area contributed by atoms with Crippen LogP contribution in [0.25, 0.3) is 0 Å². The van der Waals surface area contributed by atoms with E-state index < -0.39 is 0 Å². The zero-order valence-electron chi connectivity index (χ0n) is 9.60. The van der Waals surface area contributed by atoms with E-state index in [2.05, 4.69) is 35.0 Å². The average Bonchev–Trinajstić information content (AvgIpc) is 2.21. The van der Waals surface area contributed by atoms with Crippen molar-refractivity contribution >= 4 is 15.9 Å². The fourth-order valence-electron chi connectivity index (χ4n) is 1.58. The second-order valence-corrected chi connectivity index (χ2v) is 4.54. The van der Waals surface area contributed by atoms with E-state index in [1.54, 1.807) is 0 Å². The number of rotatable bonds is 10. The van der Waals surface area contributed by atoms with Gasteiger partial charge in [0, 0.05) is 5.33 Å². The molecule has 0 saturated carbocycles. The topological polar surface area (TPSA) is 0 Å².